The molecule has 26 heavy (non-hydrogen) atoms. The highest BCUT2D eigenvalue weighted by molar-refractivity contribution is 7.50. The van der Waals surface area contributed by atoms with E-state index in [1.165, 1.54) is 0 Å². The Labute approximate surface area is 151 Å². The summed E-state index contributed by atoms with van der Waals surface area (Å²) in [6, 6.07) is 13.7. The summed E-state index contributed by atoms with van der Waals surface area (Å²) >= 11 is 0. The Bertz CT molecular complexity index is 753. The highest BCUT2D eigenvalue weighted by atomic mass is 31.2. The molecule has 2 rings (SSSR count). The minimum absolute atomic E-state index is 0.000523. The Hall–Kier alpha value is -2.09. The van der Waals surface area contributed by atoms with Crippen LogP contribution in [0.2, 0.25) is 0 Å². The normalized spacial score (nSPS) is 11.8. The third kappa shape index (κ3) is 6.67. The number of hydrogen-bond donors (Lipinski definition) is 4. The third-order valence-corrected chi connectivity index (χ3v) is 4.34. The third-order valence-electron chi connectivity index (χ3n) is 3.56. The molecule has 8 nitrogen and oxygen atoms in total. The fourth-order valence-corrected chi connectivity index (χ4v) is 3.05. The van der Waals surface area contributed by atoms with Crippen molar-refractivity contribution in [2.24, 2.45) is 10.2 Å². The summed E-state index contributed by atoms with van der Waals surface area (Å²) < 4.78 is 11.0. The zero-order valence-corrected chi connectivity index (χ0v) is 15.0. The van der Waals surface area contributed by atoms with Gasteiger partial charge < -0.3 is 24.9 Å². The molecule has 0 saturated carbocycles. The lowest BCUT2D eigenvalue weighted by atomic mass is 10.2. The van der Waals surface area contributed by atoms with Crippen LogP contribution in [0.1, 0.15) is 5.56 Å². The van der Waals surface area contributed by atoms with E-state index < -0.39 is 7.60 Å². The molecule has 2 aromatic carbocycles. The van der Waals surface area contributed by atoms with Crippen LogP contribution in [0.5, 0.6) is 0 Å². The van der Waals surface area contributed by atoms with Crippen molar-refractivity contribution in [3.8, 4) is 0 Å². The topological polar surface area (TPSA) is 126 Å². The van der Waals surface area contributed by atoms with E-state index in [4.69, 9.17) is 20.0 Å². The molecular formula is C17H22N3O5P. The maximum atomic E-state index is 11.0. The van der Waals surface area contributed by atoms with Crippen LogP contribution in [0, 0.1) is 0 Å². The summed E-state index contributed by atoms with van der Waals surface area (Å²) in [6.07, 6.45) is -0.302. The van der Waals surface area contributed by atoms with Gasteiger partial charge >= 0.3 is 7.60 Å². The molecule has 0 spiro atoms. The van der Waals surface area contributed by atoms with Crippen molar-refractivity contribution >= 4 is 24.7 Å². The molecule has 0 heterocycles. The van der Waals surface area contributed by atoms with Crippen LogP contribution in [0.3, 0.4) is 0 Å². The molecule has 0 amide bonds. The van der Waals surface area contributed by atoms with Gasteiger partial charge in [0.15, 0.2) is 0 Å². The fraction of sp³-hybridized carbons (Fsp3) is 0.294. The monoisotopic (exact) mass is 379 g/mol. The predicted molar refractivity (Wildman–Crippen MR) is 99.2 cm³/mol. The summed E-state index contributed by atoms with van der Waals surface area (Å²) in [6.45, 7) is 0.865. The van der Waals surface area contributed by atoms with Crippen LogP contribution in [-0.2, 0) is 10.7 Å². The Morgan fingerprint density at radius 1 is 0.808 bits per heavy atom. The highest BCUT2D eigenvalue weighted by Gasteiger charge is 2.13. The molecule has 2 aromatic rings. The number of anilines is 1. The maximum absolute atomic E-state index is 11.0. The van der Waals surface area contributed by atoms with Gasteiger partial charge in [-0.15, -0.1) is 0 Å². The Morgan fingerprint density at radius 3 is 1.69 bits per heavy atom. The van der Waals surface area contributed by atoms with E-state index in [9.17, 15) is 4.57 Å². The Balaban J connectivity index is 2.02. The van der Waals surface area contributed by atoms with Crippen LogP contribution in [0.4, 0.5) is 17.1 Å². The SMILES string of the molecule is O=P(O)(O)Cc1ccc(N=Nc2ccc(N(CCO)CCO)cc2)cc1. The second-order valence-corrected chi connectivity index (χ2v) is 7.29. The number of azo groups is 1. The summed E-state index contributed by atoms with van der Waals surface area (Å²) in [5.41, 5.74) is 2.62. The van der Waals surface area contributed by atoms with Crippen LogP contribution >= 0.6 is 7.60 Å². The molecular weight excluding hydrogens is 357 g/mol. The molecule has 0 unspecified atom stereocenters. The van der Waals surface area contributed by atoms with Crippen LogP contribution in [0.15, 0.2) is 58.8 Å². The van der Waals surface area contributed by atoms with Crippen molar-refractivity contribution in [2.75, 3.05) is 31.2 Å². The summed E-state index contributed by atoms with van der Waals surface area (Å²) in [4.78, 5) is 19.8. The van der Waals surface area contributed by atoms with E-state index in [1.807, 2.05) is 17.0 Å². The maximum Gasteiger partial charge on any atom is 0.329 e. The summed E-state index contributed by atoms with van der Waals surface area (Å²) in [5, 5.41) is 26.4. The first-order chi connectivity index (χ1) is 12.4. The second-order valence-electron chi connectivity index (χ2n) is 5.64. The van der Waals surface area contributed by atoms with Gasteiger partial charge in [-0.2, -0.15) is 10.2 Å². The lowest BCUT2D eigenvalue weighted by Gasteiger charge is -2.22. The fourth-order valence-electron chi connectivity index (χ4n) is 2.36. The average Bonchev–Trinajstić information content (AvgIpc) is 2.60. The lowest BCUT2D eigenvalue weighted by molar-refractivity contribution is 0.281. The Morgan fingerprint density at radius 2 is 1.27 bits per heavy atom. The van der Waals surface area contributed by atoms with Crippen molar-refractivity contribution in [1.82, 2.24) is 0 Å². The largest absolute Gasteiger partial charge is 0.395 e. The predicted octanol–water partition coefficient (Wildman–Crippen LogP) is 2.57. The van der Waals surface area contributed by atoms with Crippen molar-refractivity contribution in [1.29, 1.82) is 0 Å². The average molecular weight is 379 g/mol. The molecule has 0 aromatic heterocycles. The van der Waals surface area contributed by atoms with E-state index >= 15 is 0 Å². The van der Waals surface area contributed by atoms with E-state index in [0.717, 1.165) is 5.69 Å². The van der Waals surface area contributed by atoms with E-state index in [2.05, 4.69) is 10.2 Å². The number of hydrogen-bond acceptors (Lipinski definition) is 6. The van der Waals surface area contributed by atoms with Crippen LogP contribution in [0.25, 0.3) is 0 Å². The zero-order valence-electron chi connectivity index (χ0n) is 14.1. The van der Waals surface area contributed by atoms with Crippen molar-refractivity contribution in [2.45, 2.75) is 6.16 Å². The lowest BCUT2D eigenvalue weighted by Crippen LogP contribution is -2.29. The zero-order chi connectivity index (χ0) is 19.0. The van der Waals surface area contributed by atoms with Gasteiger partial charge in [0.25, 0.3) is 0 Å². The first-order valence-electron chi connectivity index (χ1n) is 8.03. The molecule has 0 aliphatic rings. The molecule has 9 heteroatoms. The Kier molecular flexibility index (Phi) is 7.44. The van der Waals surface area contributed by atoms with Crippen LogP contribution in [-0.4, -0.2) is 46.3 Å². The molecule has 0 radical (unpaired) electrons. The molecule has 0 fully saturated rings. The van der Waals surface area contributed by atoms with Crippen molar-refractivity contribution < 1.29 is 24.6 Å². The van der Waals surface area contributed by atoms with Gasteiger partial charge in [0, 0.05) is 18.8 Å². The molecule has 140 valence electrons. The van der Waals surface area contributed by atoms with Gasteiger partial charge in [0.1, 0.15) is 0 Å². The quantitative estimate of drug-likeness (QED) is 0.392. The van der Waals surface area contributed by atoms with E-state index in [-0.39, 0.29) is 19.4 Å². The second kappa shape index (κ2) is 9.56. The van der Waals surface area contributed by atoms with Gasteiger partial charge in [-0.25, -0.2) is 0 Å². The van der Waals surface area contributed by atoms with Gasteiger partial charge in [-0.1, -0.05) is 12.1 Å². The van der Waals surface area contributed by atoms with Gasteiger partial charge in [-0.3, -0.25) is 4.57 Å². The minimum atomic E-state index is -4.08. The molecule has 0 bridgehead atoms. The van der Waals surface area contributed by atoms with Gasteiger partial charge in [0.05, 0.1) is 30.8 Å². The number of rotatable bonds is 9. The molecule has 0 saturated heterocycles. The number of aliphatic hydroxyl groups is 2. The summed E-state index contributed by atoms with van der Waals surface area (Å²) in [5.74, 6) is 0. The molecule has 4 N–H and O–H groups in total. The first-order valence-corrected chi connectivity index (χ1v) is 9.83. The number of aliphatic hydroxyl groups excluding tert-OH is 2. The van der Waals surface area contributed by atoms with Gasteiger partial charge in [-0.05, 0) is 42.0 Å². The smallest absolute Gasteiger partial charge is 0.329 e. The highest BCUT2D eigenvalue weighted by Crippen LogP contribution is 2.39. The molecule has 0 atom stereocenters. The first kappa shape index (κ1) is 20.2. The van der Waals surface area contributed by atoms with Gasteiger partial charge in [0.2, 0.25) is 0 Å². The molecule has 0 aliphatic carbocycles. The molecule has 0 aliphatic heterocycles. The van der Waals surface area contributed by atoms with Crippen molar-refractivity contribution in [3.63, 3.8) is 0 Å². The van der Waals surface area contributed by atoms with Crippen LogP contribution < -0.4 is 4.90 Å². The summed E-state index contributed by atoms with van der Waals surface area (Å²) in [7, 11) is -4.08. The van der Waals surface area contributed by atoms with Crippen molar-refractivity contribution in [3.05, 3.63) is 54.1 Å². The number of nitrogens with zero attached hydrogens (tertiary/aromatic N) is 3. The van der Waals surface area contributed by atoms with E-state index in [0.29, 0.717) is 30.0 Å². The standard InChI is InChI=1S/C17H22N3O5P/c21-11-9-20(10-12-22)17-7-5-16(6-8-17)19-18-15-3-1-14(2-4-15)13-26(23,24)25/h1-8,21-22H,9-13H2,(H2,23,24,25). The minimum Gasteiger partial charge on any atom is -0.395 e. The number of benzene rings is 2. The van der Waals surface area contributed by atoms with E-state index in [1.54, 1.807) is 36.4 Å².